The molecule has 0 fully saturated rings. The first kappa shape index (κ1) is 21.0. The number of aromatic nitrogens is 1. The number of ether oxygens (including phenoxy) is 1. The number of benzene rings is 2. The highest BCUT2D eigenvalue weighted by Gasteiger charge is 2.29. The average Bonchev–Trinajstić information content (AvgIpc) is 2.95. The molecule has 1 unspecified atom stereocenters. The maximum absolute atomic E-state index is 13.3. The highest BCUT2D eigenvalue weighted by Crippen LogP contribution is 2.39. The van der Waals surface area contributed by atoms with Crippen LogP contribution in [0.3, 0.4) is 0 Å². The Morgan fingerprint density at radius 3 is 2.45 bits per heavy atom. The number of hydrogen-bond acceptors (Lipinski definition) is 3. The monoisotopic (exact) mass is 431 g/mol. The summed E-state index contributed by atoms with van der Waals surface area (Å²) in [6.45, 7) is 5.39. The summed E-state index contributed by atoms with van der Waals surface area (Å²) in [7, 11) is 1.48. The molecule has 0 saturated carbocycles. The van der Waals surface area contributed by atoms with Gasteiger partial charge in [-0.25, -0.2) is 0 Å². The number of methoxy groups -OCH3 is 1. The lowest BCUT2D eigenvalue weighted by Gasteiger charge is -2.12. The van der Waals surface area contributed by atoms with Crippen molar-refractivity contribution < 1.29 is 19.4 Å². The first-order valence-electron chi connectivity index (χ1n) is 8.82. The largest absolute Gasteiger partial charge is 0.495 e. The molecule has 0 amide bonds. The molecule has 1 heterocycles. The van der Waals surface area contributed by atoms with Gasteiger partial charge >= 0.3 is 5.97 Å². The molecule has 1 atom stereocenters. The number of carbonyl (C=O) groups is 2. The van der Waals surface area contributed by atoms with E-state index in [0.717, 1.165) is 0 Å². The molecule has 3 aromatic rings. The van der Waals surface area contributed by atoms with Gasteiger partial charge in [0.2, 0.25) is 0 Å². The fraction of sp³-hybridized carbons (Fsp3) is 0.182. The van der Waals surface area contributed by atoms with Crippen LogP contribution in [-0.4, -0.2) is 28.7 Å². The van der Waals surface area contributed by atoms with E-state index < -0.39 is 11.9 Å². The van der Waals surface area contributed by atoms with Gasteiger partial charge in [-0.05, 0) is 55.3 Å². The average molecular weight is 432 g/mol. The Morgan fingerprint density at radius 2 is 1.90 bits per heavy atom. The quantitative estimate of drug-likeness (QED) is 0.508. The van der Waals surface area contributed by atoms with Crippen LogP contribution < -0.4 is 4.74 Å². The zero-order valence-corrected chi connectivity index (χ0v) is 17.4. The Kier molecular flexibility index (Phi) is 6.01. The molecule has 0 aliphatic heterocycles. The van der Waals surface area contributed by atoms with Gasteiger partial charge in [-0.2, -0.15) is 0 Å². The smallest absolute Gasteiger partial charge is 0.311 e. The van der Waals surface area contributed by atoms with Crippen molar-refractivity contribution in [3.63, 3.8) is 0 Å². The van der Waals surface area contributed by atoms with Crippen LogP contribution >= 0.6 is 23.2 Å². The number of aliphatic carboxylic acids is 1. The van der Waals surface area contributed by atoms with Crippen LogP contribution in [0.2, 0.25) is 10.0 Å². The third-order valence-corrected chi connectivity index (χ3v) is 5.42. The molecule has 0 radical (unpaired) electrons. The van der Waals surface area contributed by atoms with Crippen molar-refractivity contribution in [2.24, 2.45) is 0 Å². The van der Waals surface area contributed by atoms with Crippen LogP contribution in [0.4, 0.5) is 0 Å². The SMILES string of the molecule is C=CCC(C(=O)O)c1c(C)n(C(=O)c2ccc(Cl)cc2)c2cc(Cl)c(OC)cc12. The molecule has 0 aliphatic carbocycles. The van der Waals surface area contributed by atoms with Crippen molar-refractivity contribution in [2.75, 3.05) is 7.11 Å². The van der Waals surface area contributed by atoms with Crippen LogP contribution in [0.15, 0.2) is 49.1 Å². The Balaban J connectivity index is 2.35. The summed E-state index contributed by atoms with van der Waals surface area (Å²) in [4.78, 5) is 25.3. The van der Waals surface area contributed by atoms with E-state index in [0.29, 0.717) is 43.5 Å². The fourth-order valence-corrected chi connectivity index (χ4v) is 3.89. The summed E-state index contributed by atoms with van der Waals surface area (Å²) < 4.78 is 6.79. The van der Waals surface area contributed by atoms with Crippen molar-refractivity contribution in [1.82, 2.24) is 4.57 Å². The van der Waals surface area contributed by atoms with E-state index in [9.17, 15) is 14.7 Å². The molecule has 0 spiro atoms. The number of fused-ring (bicyclic) bond motifs is 1. The molecule has 0 bridgehead atoms. The molecule has 5 nitrogen and oxygen atoms in total. The third-order valence-electron chi connectivity index (χ3n) is 4.87. The molecule has 0 aliphatic rings. The van der Waals surface area contributed by atoms with E-state index in [1.165, 1.54) is 11.7 Å². The molecule has 7 heteroatoms. The van der Waals surface area contributed by atoms with Gasteiger partial charge in [-0.1, -0.05) is 29.3 Å². The summed E-state index contributed by atoms with van der Waals surface area (Å²) in [5, 5.41) is 11.2. The lowest BCUT2D eigenvalue weighted by atomic mass is 9.93. The molecule has 3 rings (SSSR count). The Morgan fingerprint density at radius 1 is 1.24 bits per heavy atom. The van der Waals surface area contributed by atoms with Crippen LogP contribution in [0.5, 0.6) is 5.75 Å². The summed E-state index contributed by atoms with van der Waals surface area (Å²) in [6.07, 6.45) is 1.77. The van der Waals surface area contributed by atoms with Crippen LogP contribution in [0.25, 0.3) is 10.9 Å². The van der Waals surface area contributed by atoms with Gasteiger partial charge in [0.25, 0.3) is 5.91 Å². The van der Waals surface area contributed by atoms with Gasteiger partial charge in [0.1, 0.15) is 5.75 Å². The second-order valence-electron chi connectivity index (χ2n) is 6.57. The fourth-order valence-electron chi connectivity index (χ4n) is 3.53. The molecule has 150 valence electrons. The predicted octanol–water partition coefficient (Wildman–Crippen LogP) is 5.70. The predicted molar refractivity (Wildman–Crippen MR) is 115 cm³/mol. The van der Waals surface area contributed by atoms with Gasteiger partial charge < -0.3 is 9.84 Å². The van der Waals surface area contributed by atoms with E-state index in [4.69, 9.17) is 27.9 Å². The molecular formula is C22H19Cl2NO4. The number of allylic oxidation sites excluding steroid dienone is 1. The number of carboxylic acid groups (broad SMARTS) is 1. The highest BCUT2D eigenvalue weighted by molar-refractivity contribution is 6.33. The van der Waals surface area contributed by atoms with E-state index in [1.807, 2.05) is 0 Å². The first-order valence-corrected chi connectivity index (χ1v) is 9.58. The molecule has 1 N–H and O–H groups in total. The van der Waals surface area contributed by atoms with Gasteiger partial charge in [0.15, 0.2) is 0 Å². The van der Waals surface area contributed by atoms with E-state index in [-0.39, 0.29) is 12.3 Å². The Hall–Kier alpha value is -2.76. The molecule has 2 aromatic carbocycles. The number of halogens is 2. The third kappa shape index (κ3) is 3.76. The molecule has 1 aromatic heterocycles. The maximum atomic E-state index is 13.3. The second kappa shape index (κ2) is 8.31. The van der Waals surface area contributed by atoms with Crippen molar-refractivity contribution in [3.8, 4) is 5.75 Å². The van der Waals surface area contributed by atoms with E-state index in [2.05, 4.69) is 6.58 Å². The van der Waals surface area contributed by atoms with Gasteiger partial charge in [-0.15, -0.1) is 6.58 Å². The summed E-state index contributed by atoms with van der Waals surface area (Å²) in [5.41, 5.74) is 1.99. The van der Waals surface area contributed by atoms with Crippen LogP contribution in [0, 0.1) is 6.92 Å². The van der Waals surface area contributed by atoms with E-state index >= 15 is 0 Å². The molecular weight excluding hydrogens is 413 g/mol. The van der Waals surface area contributed by atoms with Crippen molar-refractivity contribution in [2.45, 2.75) is 19.3 Å². The minimum atomic E-state index is -1.00. The van der Waals surface area contributed by atoms with Crippen molar-refractivity contribution >= 4 is 46.0 Å². The number of rotatable bonds is 6. The minimum absolute atomic E-state index is 0.218. The Bertz CT molecular complexity index is 1120. The van der Waals surface area contributed by atoms with E-state index in [1.54, 1.807) is 49.4 Å². The van der Waals surface area contributed by atoms with Gasteiger partial charge in [0, 0.05) is 21.7 Å². The number of nitrogens with zero attached hydrogens (tertiary/aromatic N) is 1. The summed E-state index contributed by atoms with van der Waals surface area (Å²) in [6, 6.07) is 9.80. The first-order chi connectivity index (χ1) is 13.8. The lowest BCUT2D eigenvalue weighted by molar-refractivity contribution is -0.138. The van der Waals surface area contributed by atoms with Crippen LogP contribution in [0.1, 0.15) is 34.0 Å². The van der Waals surface area contributed by atoms with Gasteiger partial charge in [0.05, 0.1) is 23.6 Å². The second-order valence-corrected chi connectivity index (χ2v) is 7.41. The van der Waals surface area contributed by atoms with Crippen molar-refractivity contribution in [1.29, 1.82) is 0 Å². The molecule has 0 saturated heterocycles. The summed E-state index contributed by atoms with van der Waals surface area (Å²) >= 11 is 12.2. The number of carboxylic acids is 1. The zero-order valence-electron chi connectivity index (χ0n) is 15.9. The summed E-state index contributed by atoms with van der Waals surface area (Å²) in [5.74, 6) is -1.77. The topological polar surface area (TPSA) is 68.5 Å². The highest BCUT2D eigenvalue weighted by atomic mass is 35.5. The maximum Gasteiger partial charge on any atom is 0.311 e. The minimum Gasteiger partial charge on any atom is -0.495 e. The number of hydrogen-bond donors (Lipinski definition) is 1. The number of carbonyl (C=O) groups excluding carboxylic acids is 1. The standard InChI is InChI=1S/C22H19Cl2NO4/c1-4-5-15(22(27)28)20-12(2)25(21(26)13-6-8-14(23)9-7-13)18-11-17(24)19(29-3)10-16(18)20/h4,6-11,15H,1,5H2,2-3H3,(H,27,28). The van der Waals surface area contributed by atoms with Gasteiger partial charge in [-0.3, -0.25) is 14.2 Å². The normalized spacial score (nSPS) is 12.0. The van der Waals surface area contributed by atoms with Crippen molar-refractivity contribution in [3.05, 3.63) is 75.9 Å². The lowest BCUT2D eigenvalue weighted by Crippen LogP contribution is -2.16. The molecule has 29 heavy (non-hydrogen) atoms. The zero-order chi connectivity index (χ0) is 21.3. The Labute approximate surface area is 178 Å². The van der Waals surface area contributed by atoms with Crippen LogP contribution in [-0.2, 0) is 4.79 Å².